The molecule has 1 unspecified atom stereocenters. The van der Waals surface area contributed by atoms with E-state index in [0.717, 1.165) is 0 Å². The maximum absolute atomic E-state index is 11.1. The zero-order valence-electron chi connectivity index (χ0n) is 8.50. The van der Waals surface area contributed by atoms with Gasteiger partial charge in [0.2, 0.25) is 8.32 Å². The number of hydrogen-bond acceptors (Lipinski definition) is 4. The van der Waals surface area contributed by atoms with Crippen molar-refractivity contribution in [2.45, 2.75) is 32.6 Å². The Bertz CT molecular complexity index is 235. The van der Waals surface area contributed by atoms with E-state index in [4.69, 9.17) is 4.53 Å². The molecule has 0 saturated carbocycles. The number of ketones is 1. The van der Waals surface area contributed by atoms with Gasteiger partial charge in [-0.1, -0.05) is 0 Å². The molecule has 0 saturated heterocycles. The quantitative estimate of drug-likeness (QED) is 0.676. The fourth-order valence-electron chi connectivity index (χ4n) is 0.935. The summed E-state index contributed by atoms with van der Waals surface area (Å²) in [6, 6.07) is -0.193. The molecule has 1 atom stereocenters. The van der Waals surface area contributed by atoms with Crippen LogP contribution in [0.5, 0.6) is 0 Å². The van der Waals surface area contributed by atoms with Gasteiger partial charge in [0, 0.05) is 12.3 Å². The summed E-state index contributed by atoms with van der Waals surface area (Å²) in [5.41, 5.74) is 2.93. The summed E-state index contributed by atoms with van der Waals surface area (Å²) in [7, 11) is -1.60. The molecule has 1 aliphatic rings. The molecule has 0 aromatic rings. The lowest BCUT2D eigenvalue weighted by Gasteiger charge is -2.32. The Hall–Kier alpha value is -0.653. The highest BCUT2D eigenvalue weighted by atomic mass is 28.4. The van der Waals surface area contributed by atoms with E-state index < -0.39 is 8.32 Å². The average Bonchev–Trinajstić information content (AvgIpc) is 1.94. The third-order valence-electron chi connectivity index (χ3n) is 1.49. The monoisotopic (exact) mass is 200 g/mol. The van der Waals surface area contributed by atoms with Crippen molar-refractivity contribution in [2.24, 2.45) is 0 Å². The van der Waals surface area contributed by atoms with Crippen LogP contribution in [-0.4, -0.2) is 25.3 Å². The summed E-state index contributed by atoms with van der Waals surface area (Å²) in [5, 5.41) is 1.54. The van der Waals surface area contributed by atoms with Gasteiger partial charge in [-0.3, -0.25) is 4.79 Å². The van der Waals surface area contributed by atoms with E-state index in [1.807, 2.05) is 6.92 Å². The predicted molar refractivity (Wildman–Crippen MR) is 53.0 cm³/mol. The normalized spacial score (nSPS) is 23.8. The molecule has 5 heteroatoms. The fraction of sp³-hybridized carbons (Fsp3) is 0.625. The molecule has 13 heavy (non-hydrogen) atoms. The van der Waals surface area contributed by atoms with Crippen molar-refractivity contribution in [1.82, 2.24) is 10.6 Å². The smallest absolute Gasteiger partial charge is 0.222 e. The van der Waals surface area contributed by atoms with Crippen molar-refractivity contribution in [3.8, 4) is 0 Å². The first-order chi connectivity index (χ1) is 5.88. The van der Waals surface area contributed by atoms with Crippen LogP contribution < -0.4 is 5.43 Å². The summed E-state index contributed by atoms with van der Waals surface area (Å²) < 4.78 is 5.62. The molecule has 0 fully saturated rings. The molecule has 0 radical (unpaired) electrons. The second-order valence-electron chi connectivity index (χ2n) is 4.10. The Kier molecular flexibility index (Phi) is 2.89. The maximum Gasteiger partial charge on any atom is 0.222 e. The first-order valence-electron chi connectivity index (χ1n) is 4.35. The second-order valence-corrected chi connectivity index (χ2v) is 8.51. The highest BCUT2D eigenvalue weighted by molar-refractivity contribution is 6.69. The molecular weight excluding hydrogens is 184 g/mol. The Labute approximate surface area is 79.6 Å². The van der Waals surface area contributed by atoms with E-state index in [-0.39, 0.29) is 11.8 Å². The van der Waals surface area contributed by atoms with Gasteiger partial charge >= 0.3 is 0 Å². The summed E-state index contributed by atoms with van der Waals surface area (Å²) in [5.74, 6) is 0.0791. The number of nitrogens with zero attached hydrogens (tertiary/aromatic N) is 1. The largest absolute Gasteiger partial charge is 0.307 e. The molecule has 0 aromatic carbocycles. The summed E-state index contributed by atoms with van der Waals surface area (Å²) >= 11 is 0. The second kappa shape index (κ2) is 3.61. The summed E-state index contributed by atoms with van der Waals surface area (Å²) in [4.78, 5) is 11.1. The first-order valence-corrected chi connectivity index (χ1v) is 7.76. The predicted octanol–water partition coefficient (Wildman–Crippen LogP) is 1.04. The number of hydroxylamine groups is 1. The van der Waals surface area contributed by atoms with E-state index in [0.29, 0.717) is 0 Å². The topological polar surface area (TPSA) is 41.6 Å². The van der Waals surface area contributed by atoms with Crippen LogP contribution >= 0.6 is 0 Å². The highest BCUT2D eigenvalue weighted by Crippen LogP contribution is 2.08. The molecule has 74 valence electrons. The van der Waals surface area contributed by atoms with Crippen LogP contribution in [0.3, 0.4) is 0 Å². The molecule has 0 amide bonds. The number of hydrogen-bond donors (Lipinski definition) is 1. The van der Waals surface area contributed by atoms with Crippen molar-refractivity contribution >= 4 is 14.1 Å². The van der Waals surface area contributed by atoms with E-state index in [9.17, 15) is 4.79 Å². The van der Waals surface area contributed by atoms with Gasteiger partial charge in [0.25, 0.3) is 0 Å². The van der Waals surface area contributed by atoms with Gasteiger partial charge < -0.3 is 4.53 Å². The van der Waals surface area contributed by atoms with Crippen LogP contribution in [0.2, 0.25) is 19.6 Å². The SMILES string of the molecule is CC1NN(O[Si](C)(C)C)C=CC1=O. The molecule has 0 aliphatic carbocycles. The molecule has 0 spiro atoms. The molecule has 4 nitrogen and oxygen atoms in total. The first kappa shape index (κ1) is 10.4. The van der Waals surface area contributed by atoms with Crippen LogP contribution in [0.25, 0.3) is 0 Å². The van der Waals surface area contributed by atoms with Crippen LogP contribution in [0.4, 0.5) is 0 Å². The molecular formula is C8H16N2O2Si. The van der Waals surface area contributed by atoms with E-state index in [1.54, 1.807) is 6.20 Å². The molecule has 0 bridgehead atoms. The summed E-state index contributed by atoms with van der Waals surface area (Å²) in [6.45, 7) is 8.07. The lowest BCUT2D eigenvalue weighted by atomic mass is 10.2. The number of nitrogens with one attached hydrogen (secondary N) is 1. The number of carbonyl (C=O) groups excluding carboxylic acids is 1. The molecule has 1 aliphatic heterocycles. The molecule has 1 N–H and O–H groups in total. The third kappa shape index (κ3) is 3.29. The molecule has 0 aromatic heterocycles. The lowest BCUT2D eigenvalue weighted by Crippen LogP contribution is -2.50. The van der Waals surface area contributed by atoms with Gasteiger partial charge in [-0.25, -0.2) is 10.6 Å². The zero-order chi connectivity index (χ0) is 10.1. The van der Waals surface area contributed by atoms with Crippen molar-refractivity contribution < 1.29 is 9.32 Å². The number of carbonyl (C=O) groups is 1. The fourth-order valence-corrected chi connectivity index (χ4v) is 1.64. The van der Waals surface area contributed by atoms with Crippen LogP contribution in [0, 0.1) is 0 Å². The van der Waals surface area contributed by atoms with Gasteiger partial charge in [0.05, 0.1) is 6.04 Å². The maximum atomic E-state index is 11.1. The van der Waals surface area contributed by atoms with Gasteiger partial charge in [0.1, 0.15) is 0 Å². The van der Waals surface area contributed by atoms with Crippen molar-refractivity contribution in [3.05, 3.63) is 12.3 Å². The molecule has 1 heterocycles. The van der Waals surface area contributed by atoms with Crippen molar-refractivity contribution in [2.75, 3.05) is 0 Å². The van der Waals surface area contributed by atoms with Gasteiger partial charge in [-0.2, -0.15) is 0 Å². The van der Waals surface area contributed by atoms with Gasteiger partial charge in [0.15, 0.2) is 5.78 Å². The minimum absolute atomic E-state index is 0.0791. The van der Waals surface area contributed by atoms with Crippen molar-refractivity contribution in [1.29, 1.82) is 0 Å². The summed E-state index contributed by atoms with van der Waals surface area (Å²) in [6.07, 6.45) is 3.15. The Morgan fingerprint density at radius 1 is 1.54 bits per heavy atom. The van der Waals surface area contributed by atoms with Gasteiger partial charge in [-0.05, 0) is 26.6 Å². The molecule has 1 rings (SSSR count). The lowest BCUT2D eigenvalue weighted by molar-refractivity contribution is -0.128. The van der Waals surface area contributed by atoms with Crippen LogP contribution in [0.1, 0.15) is 6.92 Å². The van der Waals surface area contributed by atoms with E-state index >= 15 is 0 Å². The van der Waals surface area contributed by atoms with Gasteiger partial charge in [-0.15, -0.1) is 0 Å². The highest BCUT2D eigenvalue weighted by Gasteiger charge is 2.23. The number of rotatable bonds is 2. The average molecular weight is 200 g/mol. The van der Waals surface area contributed by atoms with E-state index in [1.165, 1.54) is 11.2 Å². The van der Waals surface area contributed by atoms with Crippen LogP contribution in [0.15, 0.2) is 12.3 Å². The minimum Gasteiger partial charge on any atom is -0.307 e. The van der Waals surface area contributed by atoms with Crippen molar-refractivity contribution in [3.63, 3.8) is 0 Å². The number of hydrazine groups is 1. The Morgan fingerprint density at radius 2 is 2.15 bits per heavy atom. The Morgan fingerprint density at radius 3 is 2.62 bits per heavy atom. The van der Waals surface area contributed by atoms with Crippen LogP contribution in [-0.2, 0) is 9.32 Å². The minimum atomic E-state index is -1.60. The third-order valence-corrected chi connectivity index (χ3v) is 2.24. The van der Waals surface area contributed by atoms with E-state index in [2.05, 4.69) is 25.1 Å². The standard InChI is InChI=1S/C8H16N2O2Si/c1-7-8(11)5-6-10(9-7)12-13(2,3)4/h5-7,9H,1-4H3. The Balaban J connectivity index is 2.56. The zero-order valence-corrected chi connectivity index (χ0v) is 9.50.